The van der Waals surface area contributed by atoms with Gasteiger partial charge < -0.3 is 9.47 Å². The van der Waals surface area contributed by atoms with E-state index >= 15 is 0 Å². The molecule has 20 heavy (non-hydrogen) atoms. The highest BCUT2D eigenvalue weighted by atomic mass is 35.5. The summed E-state index contributed by atoms with van der Waals surface area (Å²) in [6.07, 6.45) is 0. The predicted octanol–water partition coefficient (Wildman–Crippen LogP) is 2.81. The van der Waals surface area contributed by atoms with Gasteiger partial charge in [-0.25, -0.2) is 4.98 Å². The molecule has 0 aliphatic rings. The molecular formula is C13H17ClN4O2. The molecule has 0 aliphatic heterocycles. The molecule has 0 fully saturated rings. The van der Waals surface area contributed by atoms with E-state index in [1.807, 2.05) is 27.8 Å². The zero-order chi connectivity index (χ0) is 14.7. The molecule has 0 saturated heterocycles. The van der Waals surface area contributed by atoms with Gasteiger partial charge in [0.1, 0.15) is 17.5 Å². The Kier molecular flexibility index (Phi) is 4.57. The van der Waals surface area contributed by atoms with Crippen LogP contribution in [0.5, 0.6) is 11.6 Å². The Balaban J connectivity index is 2.26. The molecule has 0 aromatic carbocycles. The summed E-state index contributed by atoms with van der Waals surface area (Å²) in [6, 6.07) is 1.57. The largest absolute Gasteiger partial charge is 0.435 e. The molecule has 7 heteroatoms. The Morgan fingerprint density at radius 3 is 2.65 bits per heavy atom. The quantitative estimate of drug-likeness (QED) is 0.794. The zero-order valence-corrected chi connectivity index (χ0v) is 12.7. The number of rotatable bonds is 5. The topological polar surface area (TPSA) is 62.1 Å². The van der Waals surface area contributed by atoms with Gasteiger partial charge in [-0.3, -0.25) is 4.68 Å². The maximum Gasteiger partial charge on any atom is 0.224 e. The van der Waals surface area contributed by atoms with Crippen molar-refractivity contribution in [2.45, 2.75) is 27.4 Å². The molecule has 2 heterocycles. The van der Waals surface area contributed by atoms with E-state index < -0.39 is 0 Å². The van der Waals surface area contributed by atoms with E-state index in [4.69, 9.17) is 21.1 Å². The molecule has 2 rings (SSSR count). The van der Waals surface area contributed by atoms with Crippen LogP contribution in [0.3, 0.4) is 0 Å². The normalized spacial score (nSPS) is 10.8. The lowest BCUT2D eigenvalue weighted by atomic mass is 10.3. The Hall–Kier alpha value is -1.66. The number of hydrogen-bond acceptors (Lipinski definition) is 5. The van der Waals surface area contributed by atoms with Crippen LogP contribution in [-0.2, 0) is 18.4 Å². The first-order valence-electron chi connectivity index (χ1n) is 6.30. The van der Waals surface area contributed by atoms with E-state index in [1.54, 1.807) is 10.7 Å². The van der Waals surface area contributed by atoms with Crippen molar-refractivity contribution in [2.75, 3.05) is 6.61 Å². The predicted molar refractivity (Wildman–Crippen MR) is 75.1 cm³/mol. The van der Waals surface area contributed by atoms with Gasteiger partial charge in [-0.05, 0) is 20.8 Å². The number of aryl methyl sites for hydroxylation is 2. The Bertz CT molecular complexity index is 613. The minimum absolute atomic E-state index is 0.304. The molecule has 108 valence electrons. The second-order valence-electron chi connectivity index (χ2n) is 4.31. The first-order chi connectivity index (χ1) is 9.51. The maximum absolute atomic E-state index is 5.97. The van der Waals surface area contributed by atoms with E-state index in [0.717, 1.165) is 11.4 Å². The van der Waals surface area contributed by atoms with Crippen LogP contribution in [0.2, 0.25) is 5.15 Å². The molecular weight excluding hydrogens is 280 g/mol. The second kappa shape index (κ2) is 6.19. The molecule has 2 aromatic heterocycles. The fraction of sp³-hybridized carbons (Fsp3) is 0.462. The highest BCUT2D eigenvalue weighted by Gasteiger charge is 2.13. The van der Waals surface area contributed by atoms with E-state index in [0.29, 0.717) is 35.8 Å². The molecule has 0 N–H and O–H groups in total. The molecule has 0 bridgehead atoms. The number of hydrogen-bond donors (Lipinski definition) is 0. The second-order valence-corrected chi connectivity index (χ2v) is 4.70. The minimum Gasteiger partial charge on any atom is -0.435 e. The van der Waals surface area contributed by atoms with Crippen molar-refractivity contribution in [2.24, 2.45) is 7.05 Å². The molecule has 0 saturated carbocycles. The number of aromatic nitrogens is 4. The van der Waals surface area contributed by atoms with Crippen LogP contribution in [-0.4, -0.2) is 26.4 Å². The lowest BCUT2D eigenvalue weighted by Gasteiger charge is -2.07. The van der Waals surface area contributed by atoms with Gasteiger partial charge in [0.15, 0.2) is 11.6 Å². The molecule has 0 spiro atoms. The zero-order valence-electron chi connectivity index (χ0n) is 12.0. The third kappa shape index (κ3) is 3.26. The average molecular weight is 297 g/mol. The van der Waals surface area contributed by atoms with Crippen LogP contribution in [0.1, 0.15) is 24.1 Å². The summed E-state index contributed by atoms with van der Waals surface area (Å²) < 4.78 is 12.8. The van der Waals surface area contributed by atoms with Crippen molar-refractivity contribution in [3.05, 3.63) is 28.4 Å². The van der Waals surface area contributed by atoms with Crippen LogP contribution in [0.15, 0.2) is 6.07 Å². The molecule has 0 atom stereocenters. The number of ether oxygens (including phenoxy) is 2. The Morgan fingerprint density at radius 2 is 2.05 bits per heavy atom. The van der Waals surface area contributed by atoms with Gasteiger partial charge in [-0.1, -0.05) is 11.6 Å². The molecule has 6 nitrogen and oxygen atoms in total. The van der Waals surface area contributed by atoms with Gasteiger partial charge in [0.2, 0.25) is 5.88 Å². The highest BCUT2D eigenvalue weighted by molar-refractivity contribution is 6.29. The third-order valence-corrected chi connectivity index (χ3v) is 3.00. The summed E-state index contributed by atoms with van der Waals surface area (Å²) in [6.45, 7) is 6.61. The summed E-state index contributed by atoms with van der Waals surface area (Å²) in [5.74, 6) is 1.57. The van der Waals surface area contributed by atoms with Crippen LogP contribution < -0.4 is 4.74 Å². The summed E-state index contributed by atoms with van der Waals surface area (Å²) >= 11 is 5.97. The molecule has 0 amide bonds. The molecule has 2 aromatic rings. The molecule has 0 aliphatic carbocycles. The van der Waals surface area contributed by atoms with E-state index in [-0.39, 0.29) is 0 Å². The Labute approximate surface area is 122 Å². The molecule has 0 unspecified atom stereocenters. The fourth-order valence-electron chi connectivity index (χ4n) is 1.76. The van der Waals surface area contributed by atoms with E-state index in [9.17, 15) is 0 Å². The van der Waals surface area contributed by atoms with Crippen molar-refractivity contribution < 1.29 is 9.47 Å². The molecule has 0 radical (unpaired) electrons. The van der Waals surface area contributed by atoms with Gasteiger partial charge in [-0.2, -0.15) is 10.1 Å². The highest BCUT2D eigenvalue weighted by Crippen LogP contribution is 2.27. The fourth-order valence-corrected chi connectivity index (χ4v) is 1.95. The first-order valence-corrected chi connectivity index (χ1v) is 6.68. The standard InChI is InChI=1S/C13H17ClN4O2/c1-5-19-7-11-15-10(14)6-12(16-11)20-13-8(2)17-18(4)9(13)3/h6H,5,7H2,1-4H3. The van der Waals surface area contributed by atoms with Gasteiger partial charge in [0, 0.05) is 19.7 Å². The van der Waals surface area contributed by atoms with Crippen LogP contribution >= 0.6 is 11.6 Å². The van der Waals surface area contributed by atoms with E-state index in [2.05, 4.69) is 15.1 Å². The lowest BCUT2D eigenvalue weighted by molar-refractivity contribution is 0.128. The summed E-state index contributed by atoms with van der Waals surface area (Å²) in [4.78, 5) is 8.37. The van der Waals surface area contributed by atoms with Crippen molar-refractivity contribution in [3.63, 3.8) is 0 Å². The van der Waals surface area contributed by atoms with Gasteiger partial charge in [-0.15, -0.1) is 0 Å². The van der Waals surface area contributed by atoms with Crippen LogP contribution in [0.25, 0.3) is 0 Å². The number of nitrogens with zero attached hydrogens (tertiary/aromatic N) is 4. The minimum atomic E-state index is 0.304. The van der Waals surface area contributed by atoms with Gasteiger partial charge in [0.05, 0.1) is 5.69 Å². The smallest absolute Gasteiger partial charge is 0.224 e. The van der Waals surface area contributed by atoms with Crippen molar-refractivity contribution in [3.8, 4) is 11.6 Å². The first kappa shape index (κ1) is 14.7. The van der Waals surface area contributed by atoms with Gasteiger partial charge >= 0.3 is 0 Å². The van der Waals surface area contributed by atoms with Crippen molar-refractivity contribution in [1.29, 1.82) is 0 Å². The van der Waals surface area contributed by atoms with Crippen LogP contribution in [0, 0.1) is 13.8 Å². The van der Waals surface area contributed by atoms with E-state index in [1.165, 1.54) is 0 Å². The van der Waals surface area contributed by atoms with Crippen LogP contribution in [0.4, 0.5) is 0 Å². The monoisotopic (exact) mass is 296 g/mol. The van der Waals surface area contributed by atoms with Crippen molar-refractivity contribution in [1.82, 2.24) is 19.7 Å². The summed E-state index contributed by atoms with van der Waals surface area (Å²) in [5, 5.41) is 4.61. The number of halogens is 1. The lowest BCUT2D eigenvalue weighted by Crippen LogP contribution is -2.01. The third-order valence-electron chi connectivity index (χ3n) is 2.80. The maximum atomic E-state index is 5.97. The van der Waals surface area contributed by atoms with Crippen molar-refractivity contribution >= 4 is 11.6 Å². The summed E-state index contributed by atoms with van der Waals surface area (Å²) in [7, 11) is 1.86. The van der Waals surface area contributed by atoms with Gasteiger partial charge in [0.25, 0.3) is 0 Å². The summed E-state index contributed by atoms with van der Waals surface area (Å²) in [5.41, 5.74) is 1.72. The average Bonchev–Trinajstić information content (AvgIpc) is 2.62. The SMILES string of the molecule is CCOCc1nc(Cl)cc(Oc2c(C)nn(C)c2C)n1. The Morgan fingerprint density at radius 1 is 1.30 bits per heavy atom.